The molecule has 3 fully saturated rings. The van der Waals surface area contributed by atoms with E-state index in [2.05, 4.69) is 15.5 Å². The third-order valence-electron chi connectivity index (χ3n) is 6.09. The van der Waals surface area contributed by atoms with Crippen LogP contribution in [-0.4, -0.2) is 32.9 Å². The summed E-state index contributed by atoms with van der Waals surface area (Å²) in [6, 6.07) is 5.74. The maximum atomic E-state index is 12.6. The number of nitrogens with zero attached hydrogens (tertiary/aromatic N) is 3. The first-order chi connectivity index (χ1) is 13.0. The van der Waals surface area contributed by atoms with E-state index in [0.29, 0.717) is 10.9 Å². The molecule has 0 saturated heterocycles. The lowest BCUT2D eigenvalue weighted by Gasteiger charge is -2.05. The number of thioether (sulfide) groups is 1. The van der Waals surface area contributed by atoms with Gasteiger partial charge in [-0.2, -0.15) is 0 Å². The van der Waals surface area contributed by atoms with Gasteiger partial charge in [-0.15, -0.1) is 33.3 Å². The average molecular weight is 419 g/mol. The van der Waals surface area contributed by atoms with Gasteiger partial charge in [0, 0.05) is 10.4 Å². The van der Waals surface area contributed by atoms with Crippen LogP contribution >= 0.6 is 34.7 Å². The lowest BCUT2D eigenvalue weighted by molar-refractivity contribution is 0.0905. The molecular formula is C18H15ClN4O2S2. The third-order valence-corrected chi connectivity index (χ3v) is 8.91. The van der Waals surface area contributed by atoms with Gasteiger partial charge in [0.1, 0.15) is 5.01 Å². The molecule has 6 nitrogen and oxygen atoms in total. The summed E-state index contributed by atoms with van der Waals surface area (Å²) in [6.45, 7) is 0. The first kappa shape index (κ1) is 16.3. The fourth-order valence-electron chi connectivity index (χ4n) is 3.95. The molecule has 3 saturated carbocycles. The Morgan fingerprint density at radius 1 is 1.33 bits per heavy atom. The van der Waals surface area contributed by atoms with E-state index in [4.69, 9.17) is 21.0 Å². The van der Waals surface area contributed by atoms with Gasteiger partial charge in [-0.1, -0.05) is 11.6 Å². The average Bonchev–Trinajstić information content (AvgIpc) is 3.54. The van der Waals surface area contributed by atoms with Crippen LogP contribution in [0.1, 0.15) is 47.3 Å². The number of rotatable bonds is 5. The predicted octanol–water partition coefficient (Wildman–Crippen LogP) is 3.90. The van der Waals surface area contributed by atoms with Crippen molar-refractivity contribution in [3.63, 3.8) is 0 Å². The minimum atomic E-state index is -0.283. The van der Waals surface area contributed by atoms with Crippen LogP contribution in [0.15, 0.2) is 22.6 Å². The summed E-state index contributed by atoms with van der Waals surface area (Å²) in [5.74, 6) is 0.344. The molecule has 0 spiro atoms. The van der Waals surface area contributed by atoms with Crippen molar-refractivity contribution in [3.05, 3.63) is 40.0 Å². The number of hydrogen-bond acceptors (Lipinski definition) is 7. The third kappa shape index (κ3) is 2.20. The maximum Gasteiger partial charge on any atom is 0.309 e. The second-order valence-corrected chi connectivity index (χ2v) is 10.4. The van der Waals surface area contributed by atoms with Crippen LogP contribution in [0.2, 0.25) is 5.02 Å². The van der Waals surface area contributed by atoms with E-state index >= 15 is 0 Å². The van der Waals surface area contributed by atoms with Crippen molar-refractivity contribution in [3.8, 4) is 0 Å². The van der Waals surface area contributed by atoms with Gasteiger partial charge in [0.05, 0.1) is 20.5 Å². The van der Waals surface area contributed by atoms with E-state index < -0.39 is 0 Å². The molecule has 0 aliphatic heterocycles. The van der Waals surface area contributed by atoms with Gasteiger partial charge in [-0.3, -0.25) is 4.79 Å². The number of nitrogens with one attached hydrogen (secondary N) is 1. The van der Waals surface area contributed by atoms with Crippen molar-refractivity contribution in [1.82, 2.24) is 20.5 Å². The summed E-state index contributed by atoms with van der Waals surface area (Å²) in [7, 11) is 0. The number of carbonyl (C=O) groups excluding carboxylic acids is 1. The minimum Gasteiger partial charge on any atom is -0.415 e. The quantitative estimate of drug-likeness (QED) is 0.676. The van der Waals surface area contributed by atoms with E-state index in [-0.39, 0.29) is 27.5 Å². The summed E-state index contributed by atoms with van der Waals surface area (Å²) in [5, 5.41) is 13.0. The highest BCUT2D eigenvalue weighted by atomic mass is 35.5. The van der Waals surface area contributed by atoms with Gasteiger partial charge in [0.15, 0.2) is 0 Å². The van der Waals surface area contributed by atoms with Gasteiger partial charge in [-0.25, -0.2) is 4.98 Å². The normalized spacial score (nSPS) is 29.4. The first-order valence-corrected chi connectivity index (χ1v) is 11.2. The lowest BCUT2D eigenvalue weighted by Crippen LogP contribution is -2.31. The number of carbonyl (C=O) groups is 1. The lowest BCUT2D eigenvalue weighted by atomic mass is 10.2. The zero-order valence-corrected chi connectivity index (χ0v) is 16.8. The monoisotopic (exact) mass is 418 g/mol. The fraction of sp³-hybridized carbons (Fsp3) is 0.444. The molecule has 2 heterocycles. The zero-order chi connectivity index (χ0) is 18.4. The SMILES string of the molecule is CSC1(c2nnc(C(=O)NC34CC3(c3nc5ccc(Cl)cc5s3)C4)o2)CC1. The van der Waals surface area contributed by atoms with Gasteiger partial charge in [-0.05, 0) is 50.1 Å². The number of fused-ring (bicyclic) bond motifs is 2. The Morgan fingerprint density at radius 2 is 2.15 bits per heavy atom. The van der Waals surface area contributed by atoms with Crippen LogP contribution in [0.4, 0.5) is 0 Å². The number of aromatic nitrogens is 3. The predicted molar refractivity (Wildman–Crippen MR) is 104 cm³/mol. The van der Waals surface area contributed by atoms with E-state index in [1.807, 2.05) is 24.5 Å². The highest BCUT2D eigenvalue weighted by molar-refractivity contribution is 7.99. The largest absolute Gasteiger partial charge is 0.415 e. The molecular weight excluding hydrogens is 404 g/mol. The van der Waals surface area contributed by atoms with Crippen molar-refractivity contribution >= 4 is 50.8 Å². The van der Waals surface area contributed by atoms with Crippen LogP contribution in [-0.2, 0) is 10.2 Å². The van der Waals surface area contributed by atoms with Crippen molar-refractivity contribution in [2.45, 2.75) is 41.4 Å². The Hall–Kier alpha value is -1.64. The number of thiazole rings is 1. The molecule has 0 atom stereocenters. The van der Waals surface area contributed by atoms with Gasteiger partial charge in [0.2, 0.25) is 5.89 Å². The second kappa shape index (κ2) is 5.04. The Morgan fingerprint density at radius 3 is 2.89 bits per heavy atom. The zero-order valence-electron chi connectivity index (χ0n) is 14.4. The molecule has 0 unspecified atom stereocenters. The smallest absolute Gasteiger partial charge is 0.309 e. The number of amides is 1. The van der Waals surface area contributed by atoms with Crippen molar-refractivity contribution in [2.24, 2.45) is 0 Å². The molecule has 6 rings (SSSR count). The number of halogens is 1. The Kier molecular flexibility index (Phi) is 3.05. The van der Waals surface area contributed by atoms with Gasteiger partial charge in [0.25, 0.3) is 0 Å². The molecule has 3 aliphatic rings. The Balaban J connectivity index is 1.21. The Bertz CT molecular complexity index is 1110. The Labute approximate surface area is 168 Å². The van der Waals surface area contributed by atoms with E-state index in [1.165, 1.54) is 0 Å². The van der Waals surface area contributed by atoms with E-state index in [9.17, 15) is 4.79 Å². The van der Waals surface area contributed by atoms with Gasteiger partial charge >= 0.3 is 11.8 Å². The maximum absolute atomic E-state index is 12.6. The number of hydrogen-bond donors (Lipinski definition) is 1. The molecule has 9 heteroatoms. The summed E-state index contributed by atoms with van der Waals surface area (Å²) in [4.78, 5) is 17.4. The molecule has 138 valence electrons. The molecule has 0 bridgehead atoms. The molecule has 1 amide bonds. The summed E-state index contributed by atoms with van der Waals surface area (Å²) >= 11 is 9.45. The van der Waals surface area contributed by atoms with Gasteiger partial charge < -0.3 is 9.73 Å². The minimum absolute atomic E-state index is 0.0291. The van der Waals surface area contributed by atoms with Crippen molar-refractivity contribution in [2.75, 3.05) is 6.26 Å². The number of benzene rings is 1. The summed E-state index contributed by atoms with van der Waals surface area (Å²) < 4.78 is 6.68. The highest BCUT2D eigenvalue weighted by Crippen LogP contribution is 2.79. The highest BCUT2D eigenvalue weighted by Gasteiger charge is 2.86. The molecule has 2 aromatic heterocycles. The summed E-state index contributed by atoms with van der Waals surface area (Å²) in [5.41, 5.74) is 0.729. The van der Waals surface area contributed by atoms with Crippen molar-refractivity contribution in [1.29, 1.82) is 0 Å². The van der Waals surface area contributed by atoms with E-state index in [0.717, 1.165) is 40.9 Å². The summed E-state index contributed by atoms with van der Waals surface area (Å²) in [6.07, 6.45) is 5.89. The van der Waals surface area contributed by atoms with Crippen LogP contribution in [0, 0.1) is 0 Å². The van der Waals surface area contributed by atoms with Crippen LogP contribution in [0.5, 0.6) is 0 Å². The second-order valence-electron chi connectivity index (χ2n) is 7.71. The molecule has 1 aromatic carbocycles. The van der Waals surface area contributed by atoms with Crippen molar-refractivity contribution < 1.29 is 9.21 Å². The molecule has 1 N–H and O–H groups in total. The van der Waals surface area contributed by atoms with E-state index in [1.54, 1.807) is 23.1 Å². The molecule has 0 radical (unpaired) electrons. The first-order valence-electron chi connectivity index (χ1n) is 8.78. The van der Waals surface area contributed by atoms with Crippen LogP contribution < -0.4 is 5.32 Å². The fourth-order valence-corrected chi connectivity index (χ4v) is 6.24. The molecule has 3 aliphatic carbocycles. The van der Waals surface area contributed by atoms with Crippen LogP contribution in [0.3, 0.4) is 0 Å². The topological polar surface area (TPSA) is 80.9 Å². The van der Waals surface area contributed by atoms with Crippen LogP contribution in [0.25, 0.3) is 10.2 Å². The molecule has 27 heavy (non-hydrogen) atoms. The standard InChI is InChI=1S/C18H15ClN4O2S2/c1-26-17(4-5-17)14-23-22-13(25-14)12(24)21-18-7-16(18,8-18)15-20-10-3-2-9(19)6-11(10)27-15/h2-3,6H,4-5,7-8H2,1H3,(H,21,24). The molecule has 3 aromatic rings.